The molecule has 0 spiro atoms. The maximum absolute atomic E-state index is 10.3. The lowest BCUT2D eigenvalue weighted by Gasteiger charge is -2.02. The van der Waals surface area contributed by atoms with E-state index in [1.165, 1.54) is 0 Å². The minimum Gasteiger partial charge on any atom is -0.252 e. The van der Waals surface area contributed by atoms with Crippen molar-refractivity contribution in [1.29, 1.82) is 0 Å². The summed E-state index contributed by atoms with van der Waals surface area (Å²) in [6, 6.07) is 0. The van der Waals surface area contributed by atoms with Gasteiger partial charge in [0.05, 0.1) is 11.0 Å². The van der Waals surface area contributed by atoms with E-state index in [1.54, 1.807) is 0 Å². The summed E-state index contributed by atoms with van der Waals surface area (Å²) in [5.41, 5.74) is 0. The zero-order valence-electron chi connectivity index (χ0n) is 5.39. The lowest BCUT2D eigenvalue weighted by Crippen LogP contribution is -2.13. The average molecular weight is 135 g/mol. The lowest BCUT2D eigenvalue weighted by molar-refractivity contribution is 0.616. The summed E-state index contributed by atoms with van der Waals surface area (Å²) < 4.78 is 10.3. The van der Waals surface area contributed by atoms with E-state index in [9.17, 15) is 4.21 Å². The van der Waals surface area contributed by atoms with Crippen LogP contribution >= 0.6 is 0 Å². The van der Waals surface area contributed by atoms with E-state index in [-0.39, 0.29) is 0 Å². The standard InChI is InChI=1S/C5H13NOS/c1-3-5(2)4-8(6)7/h5H,3-4,6H2,1-2H3. The monoisotopic (exact) mass is 135 g/mol. The summed E-state index contributed by atoms with van der Waals surface area (Å²) in [5.74, 6) is 1.14. The molecule has 0 rings (SSSR count). The summed E-state index contributed by atoms with van der Waals surface area (Å²) in [4.78, 5) is 0. The first kappa shape index (κ1) is 8.11. The van der Waals surface area contributed by atoms with Gasteiger partial charge in [0.25, 0.3) is 0 Å². The van der Waals surface area contributed by atoms with Crippen molar-refractivity contribution in [3.63, 3.8) is 0 Å². The average Bonchev–Trinajstić information content (AvgIpc) is 1.65. The van der Waals surface area contributed by atoms with Crippen molar-refractivity contribution in [3.05, 3.63) is 0 Å². The Hall–Kier alpha value is 0.110. The molecule has 0 aromatic rings. The van der Waals surface area contributed by atoms with Crippen LogP contribution in [0.25, 0.3) is 0 Å². The minimum absolute atomic E-state index is 0.501. The van der Waals surface area contributed by atoms with Crippen LogP contribution in [0.15, 0.2) is 0 Å². The van der Waals surface area contributed by atoms with Crippen molar-refractivity contribution in [1.82, 2.24) is 0 Å². The van der Waals surface area contributed by atoms with Gasteiger partial charge in [0.1, 0.15) is 0 Å². The first-order valence-electron chi connectivity index (χ1n) is 2.79. The number of nitrogens with two attached hydrogens (primary N) is 1. The van der Waals surface area contributed by atoms with Crippen LogP contribution in [0.2, 0.25) is 0 Å². The molecular weight excluding hydrogens is 122 g/mol. The van der Waals surface area contributed by atoms with Gasteiger partial charge in [0.2, 0.25) is 0 Å². The Morgan fingerprint density at radius 1 is 1.75 bits per heavy atom. The Morgan fingerprint density at radius 3 is 2.38 bits per heavy atom. The predicted molar refractivity (Wildman–Crippen MR) is 36.7 cm³/mol. The van der Waals surface area contributed by atoms with Gasteiger partial charge in [-0.3, -0.25) is 5.14 Å². The van der Waals surface area contributed by atoms with Gasteiger partial charge in [0, 0.05) is 5.75 Å². The van der Waals surface area contributed by atoms with Gasteiger partial charge in [-0.05, 0) is 5.92 Å². The number of rotatable bonds is 3. The van der Waals surface area contributed by atoms with Crippen LogP contribution in [0.4, 0.5) is 0 Å². The van der Waals surface area contributed by atoms with E-state index in [1.807, 2.05) is 6.92 Å². The molecule has 0 aliphatic heterocycles. The van der Waals surface area contributed by atoms with Crippen LogP contribution in [0.1, 0.15) is 20.3 Å². The Labute approximate surface area is 53.0 Å². The highest BCUT2D eigenvalue weighted by atomic mass is 32.2. The SMILES string of the molecule is CCC(C)CS(N)=O. The second kappa shape index (κ2) is 4.04. The zero-order chi connectivity index (χ0) is 6.57. The molecule has 50 valence electrons. The van der Waals surface area contributed by atoms with Crippen molar-refractivity contribution in [2.75, 3.05) is 5.75 Å². The molecule has 0 heterocycles. The van der Waals surface area contributed by atoms with E-state index in [0.717, 1.165) is 6.42 Å². The minimum atomic E-state index is -1.10. The molecule has 0 radical (unpaired) electrons. The summed E-state index contributed by atoms with van der Waals surface area (Å²) in [6.07, 6.45) is 1.06. The molecule has 0 fully saturated rings. The van der Waals surface area contributed by atoms with E-state index in [4.69, 9.17) is 5.14 Å². The summed E-state index contributed by atoms with van der Waals surface area (Å²) in [7, 11) is -1.10. The van der Waals surface area contributed by atoms with E-state index in [0.29, 0.717) is 11.7 Å². The molecule has 2 nitrogen and oxygen atoms in total. The topological polar surface area (TPSA) is 43.1 Å². The fourth-order valence-corrected chi connectivity index (χ4v) is 1.19. The van der Waals surface area contributed by atoms with Gasteiger partial charge >= 0.3 is 0 Å². The molecule has 0 saturated carbocycles. The number of hydrogen-bond donors (Lipinski definition) is 1. The molecule has 0 aromatic heterocycles. The van der Waals surface area contributed by atoms with Gasteiger partial charge in [0.15, 0.2) is 0 Å². The maximum Gasteiger partial charge on any atom is 0.0890 e. The molecule has 2 N–H and O–H groups in total. The smallest absolute Gasteiger partial charge is 0.0890 e. The summed E-state index contributed by atoms with van der Waals surface area (Å²) >= 11 is 0. The van der Waals surface area contributed by atoms with Crippen LogP contribution in [0.5, 0.6) is 0 Å². The van der Waals surface area contributed by atoms with Crippen molar-refractivity contribution >= 4 is 11.0 Å². The maximum atomic E-state index is 10.3. The third kappa shape index (κ3) is 4.27. The molecule has 2 unspecified atom stereocenters. The first-order chi connectivity index (χ1) is 3.66. The van der Waals surface area contributed by atoms with Gasteiger partial charge in [-0.2, -0.15) is 0 Å². The van der Waals surface area contributed by atoms with Gasteiger partial charge in [-0.1, -0.05) is 20.3 Å². The van der Waals surface area contributed by atoms with Crippen molar-refractivity contribution in [2.24, 2.45) is 11.1 Å². The molecule has 0 saturated heterocycles. The van der Waals surface area contributed by atoms with Crippen LogP contribution in [-0.2, 0) is 11.0 Å². The largest absolute Gasteiger partial charge is 0.252 e. The Bertz CT molecular complexity index is 84.5. The second-order valence-corrected chi connectivity index (χ2v) is 3.16. The van der Waals surface area contributed by atoms with Crippen molar-refractivity contribution in [2.45, 2.75) is 20.3 Å². The molecule has 0 aliphatic rings. The third-order valence-electron chi connectivity index (χ3n) is 1.15. The lowest BCUT2D eigenvalue weighted by atomic mass is 10.2. The summed E-state index contributed by atoms with van der Waals surface area (Å²) in [6.45, 7) is 4.11. The Balaban J connectivity index is 3.24. The molecule has 3 heteroatoms. The highest BCUT2D eigenvalue weighted by molar-refractivity contribution is 7.82. The van der Waals surface area contributed by atoms with Gasteiger partial charge < -0.3 is 0 Å². The van der Waals surface area contributed by atoms with Crippen LogP contribution < -0.4 is 5.14 Å². The Morgan fingerprint density at radius 2 is 2.25 bits per heavy atom. The highest BCUT2D eigenvalue weighted by Crippen LogP contribution is 1.99. The molecule has 0 amide bonds. The Kier molecular flexibility index (Phi) is 4.09. The third-order valence-corrected chi connectivity index (χ3v) is 2.04. The van der Waals surface area contributed by atoms with Crippen LogP contribution in [0, 0.1) is 5.92 Å². The zero-order valence-corrected chi connectivity index (χ0v) is 6.20. The summed E-state index contributed by atoms with van der Waals surface area (Å²) in [5, 5.41) is 5.04. The fraction of sp³-hybridized carbons (Fsp3) is 1.00. The molecule has 0 bridgehead atoms. The molecular formula is C5H13NOS. The predicted octanol–water partition coefficient (Wildman–Crippen LogP) is 0.655. The van der Waals surface area contributed by atoms with E-state index < -0.39 is 11.0 Å². The first-order valence-corrected chi connectivity index (χ1v) is 4.17. The van der Waals surface area contributed by atoms with Gasteiger partial charge in [-0.25, -0.2) is 4.21 Å². The van der Waals surface area contributed by atoms with Crippen molar-refractivity contribution in [3.8, 4) is 0 Å². The van der Waals surface area contributed by atoms with Crippen molar-refractivity contribution < 1.29 is 4.21 Å². The van der Waals surface area contributed by atoms with Gasteiger partial charge in [-0.15, -0.1) is 0 Å². The molecule has 0 aromatic carbocycles. The normalized spacial score (nSPS) is 17.9. The molecule has 8 heavy (non-hydrogen) atoms. The number of hydrogen-bond acceptors (Lipinski definition) is 1. The fourth-order valence-electron chi connectivity index (χ4n) is 0.398. The molecule has 0 aliphatic carbocycles. The van der Waals surface area contributed by atoms with Crippen LogP contribution in [-0.4, -0.2) is 9.96 Å². The quantitative estimate of drug-likeness (QED) is 0.606. The second-order valence-electron chi connectivity index (χ2n) is 2.06. The van der Waals surface area contributed by atoms with Crippen LogP contribution in [0.3, 0.4) is 0 Å². The molecule has 2 atom stereocenters. The van der Waals surface area contributed by atoms with E-state index in [2.05, 4.69) is 6.92 Å². The van der Waals surface area contributed by atoms with E-state index >= 15 is 0 Å². The highest BCUT2D eigenvalue weighted by Gasteiger charge is 1.99.